The number of likely N-dealkylation sites (tertiary alicyclic amines) is 1. The zero-order chi connectivity index (χ0) is 23.9. The van der Waals surface area contributed by atoms with E-state index in [-0.39, 0.29) is 12.1 Å². The molecule has 5 heteroatoms. The quantitative estimate of drug-likeness (QED) is 0.355. The molecule has 1 saturated heterocycles. The number of aryl methyl sites for hydroxylation is 1. The monoisotopic (exact) mass is 453 g/mol. The minimum Gasteiger partial charge on any atom is -0.444 e. The van der Waals surface area contributed by atoms with Crippen LogP contribution in [0.2, 0.25) is 0 Å². The molecule has 0 radical (unpaired) electrons. The maximum Gasteiger partial charge on any atom is 0.410 e. The van der Waals surface area contributed by atoms with Gasteiger partial charge in [-0.1, -0.05) is 66.2 Å². The molecule has 2 heterocycles. The average molecular weight is 454 g/mol. The first kappa shape index (κ1) is 22.2. The summed E-state index contributed by atoms with van der Waals surface area (Å²) in [7, 11) is 0. The van der Waals surface area contributed by atoms with Crippen LogP contribution in [0.5, 0.6) is 0 Å². The Morgan fingerprint density at radius 2 is 1.68 bits per heavy atom. The molecule has 1 N–H and O–H groups in total. The van der Waals surface area contributed by atoms with Crippen LogP contribution < -0.4 is 0 Å². The summed E-state index contributed by atoms with van der Waals surface area (Å²) in [5, 5.41) is 2.38. The SMILES string of the molecule is Cc1ccc(-c2ccc(-c3cnc([C@@H]4CCCN4C(=O)OC(C)(C)C)[nH]3)c3ccccc23)cc1. The first-order valence-electron chi connectivity index (χ1n) is 11.9. The molecule has 1 aromatic heterocycles. The van der Waals surface area contributed by atoms with Crippen molar-refractivity contribution in [1.82, 2.24) is 14.9 Å². The smallest absolute Gasteiger partial charge is 0.410 e. The molecule has 4 aromatic rings. The number of rotatable bonds is 3. The van der Waals surface area contributed by atoms with E-state index in [9.17, 15) is 4.79 Å². The van der Waals surface area contributed by atoms with Crippen LogP contribution in [-0.4, -0.2) is 33.1 Å². The molecule has 3 aromatic carbocycles. The van der Waals surface area contributed by atoms with Gasteiger partial charge in [0.05, 0.1) is 17.9 Å². The summed E-state index contributed by atoms with van der Waals surface area (Å²) >= 11 is 0. The van der Waals surface area contributed by atoms with E-state index < -0.39 is 5.60 Å². The Bertz CT molecular complexity index is 1330. The number of carbonyl (C=O) groups is 1. The van der Waals surface area contributed by atoms with Gasteiger partial charge in [-0.15, -0.1) is 0 Å². The standard InChI is InChI=1S/C29H31N3O2/c1-19-11-13-20(14-12-19)21-15-16-24(23-9-6-5-8-22(21)23)25-18-30-27(31-25)26-10-7-17-32(26)28(33)34-29(2,3)4/h5-6,8-9,11-16,18,26H,7,10,17H2,1-4H3,(H,30,31)/t26-/m0/s1. The van der Waals surface area contributed by atoms with Crippen LogP contribution in [-0.2, 0) is 4.74 Å². The van der Waals surface area contributed by atoms with Crippen molar-refractivity contribution in [3.05, 3.63) is 78.2 Å². The fraction of sp³-hybridized carbons (Fsp3) is 0.310. The Hall–Kier alpha value is -3.60. The van der Waals surface area contributed by atoms with Crippen molar-refractivity contribution in [2.45, 2.75) is 52.2 Å². The Balaban J connectivity index is 1.49. The number of carbonyl (C=O) groups excluding carboxylic acids is 1. The van der Waals surface area contributed by atoms with Crippen molar-refractivity contribution in [3.8, 4) is 22.4 Å². The third-order valence-corrected chi connectivity index (χ3v) is 6.37. The van der Waals surface area contributed by atoms with E-state index in [0.717, 1.165) is 29.9 Å². The fourth-order valence-electron chi connectivity index (χ4n) is 4.75. The number of ether oxygens (including phenoxy) is 1. The number of imidazole rings is 1. The lowest BCUT2D eigenvalue weighted by molar-refractivity contribution is 0.0218. The Morgan fingerprint density at radius 3 is 2.38 bits per heavy atom. The Morgan fingerprint density at radius 1 is 1.00 bits per heavy atom. The predicted octanol–water partition coefficient (Wildman–Crippen LogP) is 7.28. The lowest BCUT2D eigenvalue weighted by Gasteiger charge is -2.27. The summed E-state index contributed by atoms with van der Waals surface area (Å²) in [6, 6.07) is 21.4. The highest BCUT2D eigenvalue weighted by atomic mass is 16.6. The van der Waals surface area contributed by atoms with Gasteiger partial charge in [0.15, 0.2) is 0 Å². The molecule has 0 bridgehead atoms. The summed E-state index contributed by atoms with van der Waals surface area (Å²) in [5.74, 6) is 0.810. The number of amides is 1. The molecule has 1 fully saturated rings. The summed E-state index contributed by atoms with van der Waals surface area (Å²) < 4.78 is 5.63. The molecule has 34 heavy (non-hydrogen) atoms. The molecule has 0 saturated carbocycles. The first-order valence-corrected chi connectivity index (χ1v) is 11.9. The lowest BCUT2D eigenvalue weighted by atomic mass is 9.94. The van der Waals surface area contributed by atoms with Crippen molar-refractivity contribution in [3.63, 3.8) is 0 Å². The number of fused-ring (bicyclic) bond motifs is 1. The molecule has 5 rings (SSSR count). The highest BCUT2D eigenvalue weighted by Gasteiger charge is 2.34. The molecular formula is C29H31N3O2. The van der Waals surface area contributed by atoms with Gasteiger partial charge >= 0.3 is 6.09 Å². The van der Waals surface area contributed by atoms with Gasteiger partial charge < -0.3 is 9.72 Å². The minimum atomic E-state index is -0.517. The molecule has 0 unspecified atom stereocenters. The summed E-state index contributed by atoms with van der Waals surface area (Å²) in [4.78, 5) is 22.8. The molecule has 0 aliphatic carbocycles. The third-order valence-electron chi connectivity index (χ3n) is 6.37. The molecule has 174 valence electrons. The van der Waals surface area contributed by atoms with Crippen LogP contribution >= 0.6 is 0 Å². The van der Waals surface area contributed by atoms with Crippen LogP contribution in [0.3, 0.4) is 0 Å². The van der Waals surface area contributed by atoms with Gasteiger partial charge in [-0.25, -0.2) is 9.78 Å². The number of nitrogens with zero attached hydrogens (tertiary/aromatic N) is 2. The number of nitrogens with one attached hydrogen (secondary N) is 1. The topological polar surface area (TPSA) is 58.2 Å². The van der Waals surface area contributed by atoms with E-state index in [0.29, 0.717) is 6.54 Å². The second kappa shape index (κ2) is 8.64. The zero-order valence-corrected chi connectivity index (χ0v) is 20.3. The van der Waals surface area contributed by atoms with Crippen molar-refractivity contribution < 1.29 is 9.53 Å². The number of benzene rings is 3. The Labute approximate surface area is 200 Å². The van der Waals surface area contributed by atoms with Gasteiger partial charge in [-0.3, -0.25) is 4.90 Å². The van der Waals surface area contributed by atoms with Crippen molar-refractivity contribution >= 4 is 16.9 Å². The van der Waals surface area contributed by atoms with Crippen molar-refractivity contribution in [2.75, 3.05) is 6.54 Å². The van der Waals surface area contributed by atoms with Gasteiger partial charge in [0.25, 0.3) is 0 Å². The van der Waals surface area contributed by atoms with Crippen LogP contribution in [0.1, 0.15) is 51.0 Å². The molecule has 1 amide bonds. The third kappa shape index (κ3) is 4.30. The number of aromatic amines is 1. The first-order chi connectivity index (χ1) is 16.3. The Kier molecular flexibility index (Phi) is 5.64. The van der Waals surface area contributed by atoms with E-state index in [1.807, 2.05) is 27.0 Å². The molecule has 1 aliphatic heterocycles. The highest BCUT2D eigenvalue weighted by Crippen LogP contribution is 2.37. The summed E-state index contributed by atoms with van der Waals surface area (Å²) in [5.41, 5.74) is 5.21. The normalized spacial score (nSPS) is 16.2. The van der Waals surface area contributed by atoms with Gasteiger partial charge in [0, 0.05) is 12.1 Å². The van der Waals surface area contributed by atoms with Crippen LogP contribution in [0.25, 0.3) is 33.2 Å². The zero-order valence-electron chi connectivity index (χ0n) is 20.3. The molecule has 1 aliphatic rings. The molecular weight excluding hydrogens is 422 g/mol. The number of hydrogen-bond donors (Lipinski definition) is 1. The second-order valence-electron chi connectivity index (χ2n) is 10.1. The van der Waals surface area contributed by atoms with Crippen LogP contribution in [0, 0.1) is 6.92 Å². The number of H-pyrrole nitrogens is 1. The van der Waals surface area contributed by atoms with Crippen molar-refractivity contribution in [2.24, 2.45) is 0 Å². The summed E-state index contributed by atoms with van der Waals surface area (Å²) in [6.07, 6.45) is 3.42. The van der Waals surface area contributed by atoms with E-state index in [1.165, 1.54) is 27.5 Å². The maximum absolute atomic E-state index is 12.8. The van der Waals surface area contributed by atoms with E-state index in [4.69, 9.17) is 9.72 Å². The van der Waals surface area contributed by atoms with Crippen molar-refractivity contribution in [1.29, 1.82) is 0 Å². The van der Waals surface area contributed by atoms with Gasteiger partial charge in [0.1, 0.15) is 11.4 Å². The molecule has 0 spiro atoms. The largest absolute Gasteiger partial charge is 0.444 e. The lowest BCUT2D eigenvalue weighted by Crippen LogP contribution is -2.36. The predicted molar refractivity (Wildman–Crippen MR) is 137 cm³/mol. The van der Waals surface area contributed by atoms with Crippen LogP contribution in [0.4, 0.5) is 4.79 Å². The maximum atomic E-state index is 12.8. The highest BCUT2D eigenvalue weighted by molar-refractivity contribution is 6.04. The molecule has 5 nitrogen and oxygen atoms in total. The molecule has 1 atom stereocenters. The van der Waals surface area contributed by atoms with E-state index >= 15 is 0 Å². The van der Waals surface area contributed by atoms with E-state index in [1.54, 1.807) is 4.90 Å². The van der Waals surface area contributed by atoms with Gasteiger partial charge in [-0.2, -0.15) is 0 Å². The summed E-state index contributed by atoms with van der Waals surface area (Å²) in [6.45, 7) is 8.48. The average Bonchev–Trinajstić information content (AvgIpc) is 3.48. The van der Waals surface area contributed by atoms with Gasteiger partial charge in [0.2, 0.25) is 0 Å². The van der Waals surface area contributed by atoms with E-state index in [2.05, 4.69) is 72.6 Å². The number of aromatic nitrogens is 2. The minimum absolute atomic E-state index is 0.0957. The van der Waals surface area contributed by atoms with Crippen LogP contribution in [0.15, 0.2) is 66.9 Å². The van der Waals surface area contributed by atoms with Gasteiger partial charge in [-0.05, 0) is 62.4 Å². The number of hydrogen-bond acceptors (Lipinski definition) is 3. The second-order valence-corrected chi connectivity index (χ2v) is 10.1. The fourth-order valence-corrected chi connectivity index (χ4v) is 4.75.